The van der Waals surface area contributed by atoms with Gasteiger partial charge in [-0.2, -0.15) is 0 Å². The molecule has 0 N–H and O–H groups in total. The highest BCUT2D eigenvalue weighted by Gasteiger charge is 2.13. The third-order valence-electron chi connectivity index (χ3n) is 2.50. The van der Waals surface area contributed by atoms with Gasteiger partial charge in [0.05, 0.1) is 5.38 Å². The number of alkyl halides is 1. The Balaban J connectivity index is 2.95. The zero-order chi connectivity index (χ0) is 11.6. The quantitative estimate of drug-likeness (QED) is 0.654. The molecule has 0 nitrogen and oxygen atoms in total. The lowest BCUT2D eigenvalue weighted by Crippen LogP contribution is -1.99. The van der Waals surface area contributed by atoms with Gasteiger partial charge < -0.3 is 0 Å². The molecule has 15 heavy (non-hydrogen) atoms. The van der Waals surface area contributed by atoms with Crippen LogP contribution in [-0.4, -0.2) is 0 Å². The van der Waals surface area contributed by atoms with Crippen LogP contribution >= 0.6 is 11.6 Å². The number of rotatable bonds is 3. The minimum Gasteiger partial charge on any atom is -0.206 e. The molecule has 0 heterocycles. The smallest absolute Gasteiger partial charge is 0.129 e. The zero-order valence-corrected chi connectivity index (χ0v) is 10.5. The topological polar surface area (TPSA) is 0 Å². The molecule has 0 spiro atoms. The van der Waals surface area contributed by atoms with E-state index in [1.54, 1.807) is 13.8 Å². The van der Waals surface area contributed by atoms with E-state index in [1.807, 2.05) is 12.1 Å². The Bertz CT molecular complexity index is 321. The zero-order valence-electron chi connectivity index (χ0n) is 9.77. The molecule has 1 aromatic rings. The van der Waals surface area contributed by atoms with Crippen LogP contribution in [-0.2, 0) is 0 Å². The van der Waals surface area contributed by atoms with Crippen molar-refractivity contribution in [3.05, 3.63) is 34.6 Å². The fourth-order valence-corrected chi connectivity index (χ4v) is 2.19. The van der Waals surface area contributed by atoms with Crippen LogP contribution in [0.25, 0.3) is 0 Å². The van der Waals surface area contributed by atoms with Crippen molar-refractivity contribution < 1.29 is 4.39 Å². The van der Waals surface area contributed by atoms with Gasteiger partial charge in [0.2, 0.25) is 0 Å². The second-order valence-electron chi connectivity index (χ2n) is 4.57. The van der Waals surface area contributed by atoms with Gasteiger partial charge in [-0.15, -0.1) is 11.6 Å². The number of halogens is 2. The average molecular weight is 229 g/mol. The predicted molar refractivity (Wildman–Crippen MR) is 63.9 cm³/mol. The van der Waals surface area contributed by atoms with Gasteiger partial charge in [0.15, 0.2) is 0 Å². The first kappa shape index (κ1) is 12.5. The van der Waals surface area contributed by atoms with Crippen LogP contribution in [0.5, 0.6) is 0 Å². The molecule has 0 aromatic heterocycles. The summed E-state index contributed by atoms with van der Waals surface area (Å²) >= 11 is 6.28. The van der Waals surface area contributed by atoms with Crippen molar-refractivity contribution in [2.75, 3.05) is 0 Å². The van der Waals surface area contributed by atoms with Gasteiger partial charge in [-0.25, -0.2) is 4.39 Å². The highest BCUT2D eigenvalue weighted by Crippen LogP contribution is 2.30. The van der Waals surface area contributed by atoms with Crippen LogP contribution in [0.2, 0.25) is 0 Å². The van der Waals surface area contributed by atoms with Crippen LogP contribution < -0.4 is 0 Å². The summed E-state index contributed by atoms with van der Waals surface area (Å²) in [6, 6.07) is 3.70. The lowest BCUT2D eigenvalue weighted by molar-refractivity contribution is 0.571. The Labute approximate surface area is 96.5 Å². The molecule has 0 fully saturated rings. The lowest BCUT2D eigenvalue weighted by Gasteiger charge is -2.14. The van der Waals surface area contributed by atoms with Crippen LogP contribution in [0.15, 0.2) is 12.1 Å². The van der Waals surface area contributed by atoms with Gasteiger partial charge >= 0.3 is 0 Å². The molecular formula is C13H18ClF. The van der Waals surface area contributed by atoms with Crippen molar-refractivity contribution in [3.8, 4) is 0 Å². The van der Waals surface area contributed by atoms with Crippen molar-refractivity contribution in [2.45, 2.75) is 39.5 Å². The molecule has 0 radical (unpaired) electrons. The van der Waals surface area contributed by atoms with Crippen molar-refractivity contribution >= 4 is 11.6 Å². The van der Waals surface area contributed by atoms with E-state index in [4.69, 9.17) is 11.6 Å². The fraction of sp³-hybridized carbons (Fsp3) is 0.538. The van der Waals surface area contributed by atoms with Crippen molar-refractivity contribution in [3.63, 3.8) is 0 Å². The minimum absolute atomic E-state index is 0.0111. The lowest BCUT2D eigenvalue weighted by atomic mass is 9.98. The fourth-order valence-electron chi connectivity index (χ4n) is 1.71. The van der Waals surface area contributed by atoms with E-state index in [0.29, 0.717) is 17.0 Å². The van der Waals surface area contributed by atoms with E-state index in [1.165, 1.54) is 0 Å². The van der Waals surface area contributed by atoms with Gasteiger partial charge in [0, 0.05) is 0 Å². The SMILES string of the molecule is Cc1cc(C(Cl)CC(C)C)cc(C)c1F. The molecule has 1 rings (SSSR count). The third-order valence-corrected chi connectivity index (χ3v) is 2.93. The molecule has 84 valence electrons. The number of benzene rings is 1. The Morgan fingerprint density at radius 2 is 1.67 bits per heavy atom. The summed E-state index contributed by atoms with van der Waals surface area (Å²) in [5.74, 6) is 0.435. The van der Waals surface area contributed by atoms with Crippen LogP contribution in [0.3, 0.4) is 0 Å². The van der Waals surface area contributed by atoms with E-state index in [-0.39, 0.29) is 11.2 Å². The third kappa shape index (κ3) is 3.20. The maximum Gasteiger partial charge on any atom is 0.129 e. The first-order valence-corrected chi connectivity index (χ1v) is 5.76. The molecule has 0 aliphatic carbocycles. The molecule has 2 heteroatoms. The van der Waals surface area contributed by atoms with Gasteiger partial charge in [-0.3, -0.25) is 0 Å². The van der Waals surface area contributed by atoms with E-state index in [2.05, 4.69) is 13.8 Å². The molecule has 0 saturated heterocycles. The normalized spacial score (nSPS) is 13.3. The van der Waals surface area contributed by atoms with Gasteiger partial charge in [0.25, 0.3) is 0 Å². The van der Waals surface area contributed by atoms with E-state index >= 15 is 0 Å². The monoisotopic (exact) mass is 228 g/mol. The molecular weight excluding hydrogens is 211 g/mol. The van der Waals surface area contributed by atoms with Crippen molar-refractivity contribution in [1.82, 2.24) is 0 Å². The maximum atomic E-state index is 13.4. The summed E-state index contributed by atoms with van der Waals surface area (Å²) in [7, 11) is 0. The molecule has 1 unspecified atom stereocenters. The summed E-state index contributed by atoms with van der Waals surface area (Å²) < 4.78 is 13.4. The van der Waals surface area contributed by atoms with E-state index in [0.717, 1.165) is 12.0 Å². The summed E-state index contributed by atoms with van der Waals surface area (Å²) in [6.07, 6.45) is 0.923. The highest BCUT2D eigenvalue weighted by molar-refractivity contribution is 6.20. The van der Waals surface area contributed by atoms with Crippen LogP contribution in [0, 0.1) is 25.6 Å². The van der Waals surface area contributed by atoms with Crippen molar-refractivity contribution in [2.24, 2.45) is 5.92 Å². The van der Waals surface area contributed by atoms with Gasteiger partial charge in [-0.1, -0.05) is 26.0 Å². The standard InChI is InChI=1S/C13H18ClF/c1-8(2)5-12(14)11-6-9(3)13(15)10(4)7-11/h6-8,12H,5H2,1-4H3. The maximum absolute atomic E-state index is 13.4. The van der Waals surface area contributed by atoms with Crippen molar-refractivity contribution in [1.29, 1.82) is 0 Å². The summed E-state index contributed by atoms with van der Waals surface area (Å²) in [5, 5.41) is -0.0111. The van der Waals surface area contributed by atoms with Crippen LogP contribution in [0.1, 0.15) is 42.3 Å². The predicted octanol–water partition coefficient (Wildman–Crippen LogP) is 4.77. The Hall–Kier alpha value is -0.560. The molecule has 1 atom stereocenters. The number of hydrogen-bond acceptors (Lipinski definition) is 0. The molecule has 1 aromatic carbocycles. The molecule has 0 saturated carbocycles. The average Bonchev–Trinajstić information content (AvgIpc) is 2.12. The first-order chi connectivity index (χ1) is 6.91. The summed E-state index contributed by atoms with van der Waals surface area (Å²) in [6.45, 7) is 7.84. The molecule has 0 amide bonds. The highest BCUT2D eigenvalue weighted by atomic mass is 35.5. The molecule has 0 aliphatic rings. The van der Waals surface area contributed by atoms with Gasteiger partial charge in [0.1, 0.15) is 5.82 Å². The van der Waals surface area contributed by atoms with Crippen LogP contribution in [0.4, 0.5) is 4.39 Å². The number of aryl methyl sites for hydroxylation is 2. The minimum atomic E-state index is -0.118. The first-order valence-electron chi connectivity index (χ1n) is 5.32. The molecule has 0 bridgehead atoms. The second-order valence-corrected chi connectivity index (χ2v) is 5.09. The number of hydrogen-bond donors (Lipinski definition) is 0. The second kappa shape index (κ2) is 4.98. The Morgan fingerprint density at radius 1 is 1.20 bits per heavy atom. The summed E-state index contributed by atoms with van der Waals surface area (Å²) in [5.41, 5.74) is 2.39. The largest absolute Gasteiger partial charge is 0.206 e. The molecule has 0 aliphatic heterocycles. The Kier molecular flexibility index (Phi) is 4.15. The Morgan fingerprint density at radius 3 is 2.07 bits per heavy atom. The van der Waals surface area contributed by atoms with Gasteiger partial charge in [-0.05, 0) is 42.9 Å². The van der Waals surface area contributed by atoms with E-state index < -0.39 is 0 Å². The summed E-state index contributed by atoms with van der Waals surface area (Å²) in [4.78, 5) is 0. The van der Waals surface area contributed by atoms with E-state index in [9.17, 15) is 4.39 Å².